The van der Waals surface area contributed by atoms with Crippen LogP contribution in [0, 0.1) is 0 Å². The molecule has 1 aromatic carbocycles. The first-order valence-electron chi connectivity index (χ1n) is 9.02. The maximum Gasteiger partial charge on any atom is 0.416 e. The molecule has 1 atom stereocenters. The summed E-state index contributed by atoms with van der Waals surface area (Å²) in [6.07, 6.45) is -1.40. The molecule has 0 bridgehead atoms. The summed E-state index contributed by atoms with van der Waals surface area (Å²) >= 11 is 1.19. The second kappa shape index (κ2) is 8.00. The highest BCUT2D eigenvalue weighted by Gasteiger charge is 2.31. The number of carbonyl (C=O) groups excluding carboxylic acids is 1. The Hall–Kier alpha value is -2.65. The third-order valence-corrected chi connectivity index (χ3v) is 5.46. The molecule has 1 aliphatic heterocycles. The number of thiazole rings is 1. The molecule has 4 rings (SSSR count). The monoisotopic (exact) mass is 422 g/mol. The molecule has 0 radical (unpaired) electrons. The van der Waals surface area contributed by atoms with E-state index in [4.69, 9.17) is 9.15 Å². The third kappa shape index (κ3) is 4.35. The normalized spacial score (nSPS) is 16.9. The zero-order chi connectivity index (χ0) is 20.4. The topological polar surface area (TPSA) is 55.6 Å². The van der Waals surface area contributed by atoms with E-state index in [9.17, 15) is 18.0 Å². The molecular formula is C20H17F3N2O3S. The number of alkyl halides is 3. The van der Waals surface area contributed by atoms with Crippen molar-refractivity contribution in [3.63, 3.8) is 0 Å². The second-order valence-corrected chi connectivity index (χ2v) is 7.46. The van der Waals surface area contributed by atoms with Crippen LogP contribution in [-0.4, -0.2) is 30.1 Å². The fourth-order valence-electron chi connectivity index (χ4n) is 3.15. The van der Waals surface area contributed by atoms with E-state index in [1.54, 1.807) is 23.6 Å². The van der Waals surface area contributed by atoms with E-state index in [0.29, 0.717) is 29.5 Å². The van der Waals surface area contributed by atoms with Crippen molar-refractivity contribution in [3.05, 3.63) is 59.4 Å². The van der Waals surface area contributed by atoms with E-state index in [1.807, 2.05) is 0 Å². The van der Waals surface area contributed by atoms with Crippen LogP contribution in [0.5, 0.6) is 0 Å². The molecule has 3 heterocycles. The van der Waals surface area contributed by atoms with Crippen molar-refractivity contribution in [2.24, 2.45) is 0 Å². The van der Waals surface area contributed by atoms with Crippen LogP contribution in [0.4, 0.5) is 18.3 Å². The summed E-state index contributed by atoms with van der Waals surface area (Å²) in [5.41, 5.74) is -0.0297. The summed E-state index contributed by atoms with van der Waals surface area (Å²) in [4.78, 5) is 18.8. The van der Waals surface area contributed by atoms with Crippen molar-refractivity contribution in [1.82, 2.24) is 4.98 Å². The number of furan rings is 1. The number of hydrogen-bond acceptors (Lipinski definition) is 5. The quantitative estimate of drug-likeness (QED) is 0.564. The summed E-state index contributed by atoms with van der Waals surface area (Å²) < 4.78 is 49.9. The number of aromatic nitrogens is 1. The first kappa shape index (κ1) is 19.7. The highest BCUT2D eigenvalue weighted by Crippen LogP contribution is 2.34. The smallest absolute Gasteiger partial charge is 0.416 e. The molecule has 0 saturated carbocycles. The maximum atomic E-state index is 13.0. The molecule has 0 N–H and O–H groups in total. The third-order valence-electron chi connectivity index (χ3n) is 4.60. The van der Waals surface area contributed by atoms with Crippen molar-refractivity contribution in [1.29, 1.82) is 0 Å². The molecular weight excluding hydrogens is 405 g/mol. The molecule has 29 heavy (non-hydrogen) atoms. The van der Waals surface area contributed by atoms with Gasteiger partial charge in [0.2, 0.25) is 0 Å². The highest BCUT2D eigenvalue weighted by molar-refractivity contribution is 7.14. The van der Waals surface area contributed by atoms with Gasteiger partial charge >= 0.3 is 6.18 Å². The lowest BCUT2D eigenvalue weighted by molar-refractivity contribution is -0.137. The Morgan fingerprint density at radius 3 is 2.83 bits per heavy atom. The lowest BCUT2D eigenvalue weighted by Crippen LogP contribution is -2.37. The van der Waals surface area contributed by atoms with Gasteiger partial charge in [0.25, 0.3) is 5.91 Å². The molecule has 1 aliphatic rings. The fourth-order valence-corrected chi connectivity index (χ4v) is 3.99. The lowest BCUT2D eigenvalue weighted by Gasteiger charge is -2.22. The molecule has 1 amide bonds. The van der Waals surface area contributed by atoms with Crippen molar-refractivity contribution < 1.29 is 27.1 Å². The molecule has 9 heteroatoms. The van der Waals surface area contributed by atoms with Gasteiger partial charge in [0.05, 0.1) is 30.2 Å². The molecule has 1 unspecified atom stereocenters. The van der Waals surface area contributed by atoms with Gasteiger partial charge in [0, 0.05) is 17.6 Å². The molecule has 2 aromatic heterocycles. The van der Waals surface area contributed by atoms with E-state index in [1.165, 1.54) is 28.6 Å². The average molecular weight is 422 g/mol. The van der Waals surface area contributed by atoms with Crippen molar-refractivity contribution >= 4 is 22.4 Å². The molecule has 0 spiro atoms. The summed E-state index contributed by atoms with van der Waals surface area (Å²) in [6, 6.07) is 8.15. The standard InChI is InChI=1S/C20H17F3N2O3S/c21-20(22,23)14-5-1-4-13(10-14)16-12-29-19(24-16)25(11-15-6-2-8-27-15)18(26)17-7-3-9-28-17/h1,3-5,7,9-10,12,15H,2,6,8,11H2. The molecule has 5 nitrogen and oxygen atoms in total. The van der Waals surface area contributed by atoms with Gasteiger partial charge in [-0.3, -0.25) is 9.69 Å². The molecule has 1 fully saturated rings. The maximum absolute atomic E-state index is 13.0. The van der Waals surface area contributed by atoms with Crippen LogP contribution >= 0.6 is 11.3 Å². The first-order chi connectivity index (χ1) is 13.9. The van der Waals surface area contributed by atoms with Crippen LogP contribution in [0.1, 0.15) is 29.0 Å². The van der Waals surface area contributed by atoms with Crippen LogP contribution in [0.25, 0.3) is 11.3 Å². The molecule has 1 saturated heterocycles. The zero-order valence-corrected chi connectivity index (χ0v) is 16.0. The average Bonchev–Trinajstić information content (AvgIpc) is 3.48. The Bertz CT molecular complexity index is 979. The number of hydrogen-bond donors (Lipinski definition) is 0. The number of rotatable bonds is 5. The fraction of sp³-hybridized carbons (Fsp3) is 0.300. The van der Waals surface area contributed by atoms with Gasteiger partial charge in [-0.15, -0.1) is 11.3 Å². The number of halogens is 3. The molecule has 3 aromatic rings. The highest BCUT2D eigenvalue weighted by atomic mass is 32.1. The Labute approximate surface area is 168 Å². The number of ether oxygens (including phenoxy) is 1. The van der Waals surface area contributed by atoms with Crippen LogP contribution < -0.4 is 4.90 Å². The predicted octanol–water partition coefficient (Wildman–Crippen LogP) is 5.25. The molecule has 0 aliphatic carbocycles. The Morgan fingerprint density at radius 2 is 2.14 bits per heavy atom. The van der Waals surface area contributed by atoms with Gasteiger partial charge in [0.15, 0.2) is 10.9 Å². The number of nitrogens with zero attached hydrogens (tertiary/aromatic N) is 2. The van der Waals surface area contributed by atoms with Crippen LogP contribution in [0.15, 0.2) is 52.5 Å². The largest absolute Gasteiger partial charge is 0.459 e. The minimum atomic E-state index is -4.43. The zero-order valence-electron chi connectivity index (χ0n) is 15.2. The SMILES string of the molecule is O=C(c1ccco1)N(CC1CCCO1)c1nc(-c2cccc(C(F)(F)F)c2)cs1. The number of benzene rings is 1. The summed E-state index contributed by atoms with van der Waals surface area (Å²) in [6.45, 7) is 0.940. The number of carbonyl (C=O) groups is 1. The minimum Gasteiger partial charge on any atom is -0.459 e. The van der Waals surface area contributed by atoms with Gasteiger partial charge < -0.3 is 9.15 Å². The van der Waals surface area contributed by atoms with E-state index in [-0.39, 0.29) is 17.8 Å². The van der Waals surface area contributed by atoms with Crippen LogP contribution in [-0.2, 0) is 10.9 Å². The van der Waals surface area contributed by atoms with E-state index in [0.717, 1.165) is 25.0 Å². The van der Waals surface area contributed by atoms with Gasteiger partial charge in [-0.2, -0.15) is 13.2 Å². The molecule has 152 valence electrons. The summed E-state index contributed by atoms with van der Waals surface area (Å²) in [7, 11) is 0. The van der Waals surface area contributed by atoms with Crippen LogP contribution in [0.2, 0.25) is 0 Å². The summed E-state index contributed by atoms with van der Waals surface area (Å²) in [5.74, 6) is -0.200. The predicted molar refractivity (Wildman–Crippen MR) is 102 cm³/mol. The van der Waals surface area contributed by atoms with E-state index >= 15 is 0 Å². The summed E-state index contributed by atoms with van der Waals surface area (Å²) in [5, 5.41) is 2.03. The van der Waals surface area contributed by atoms with Gasteiger partial charge in [-0.05, 0) is 37.1 Å². The number of anilines is 1. The lowest BCUT2D eigenvalue weighted by atomic mass is 10.1. The van der Waals surface area contributed by atoms with Gasteiger partial charge in [0.1, 0.15) is 0 Å². The van der Waals surface area contributed by atoms with Crippen molar-refractivity contribution in [3.8, 4) is 11.3 Å². The Kier molecular flexibility index (Phi) is 5.42. The van der Waals surface area contributed by atoms with Gasteiger partial charge in [-0.25, -0.2) is 4.98 Å². The van der Waals surface area contributed by atoms with Crippen molar-refractivity contribution in [2.75, 3.05) is 18.1 Å². The van der Waals surface area contributed by atoms with Gasteiger partial charge in [-0.1, -0.05) is 12.1 Å². The second-order valence-electron chi connectivity index (χ2n) is 6.62. The Morgan fingerprint density at radius 1 is 1.28 bits per heavy atom. The first-order valence-corrected chi connectivity index (χ1v) is 9.90. The van der Waals surface area contributed by atoms with Crippen LogP contribution in [0.3, 0.4) is 0 Å². The van der Waals surface area contributed by atoms with E-state index in [2.05, 4.69) is 4.98 Å². The van der Waals surface area contributed by atoms with Crippen molar-refractivity contribution in [2.45, 2.75) is 25.1 Å². The Balaban J connectivity index is 1.64. The number of amides is 1. The minimum absolute atomic E-state index is 0.116. The van der Waals surface area contributed by atoms with E-state index < -0.39 is 11.7 Å².